The van der Waals surface area contributed by atoms with Crippen molar-refractivity contribution in [3.05, 3.63) is 0 Å². The van der Waals surface area contributed by atoms with Crippen molar-refractivity contribution in [2.75, 3.05) is 0 Å². The van der Waals surface area contributed by atoms with Crippen LogP contribution in [0.1, 0.15) is 47.5 Å². The predicted molar refractivity (Wildman–Crippen MR) is 65.5 cm³/mol. The highest BCUT2D eigenvalue weighted by Crippen LogP contribution is 2.62. The van der Waals surface area contributed by atoms with Crippen LogP contribution in [0.15, 0.2) is 0 Å². The van der Waals surface area contributed by atoms with Crippen LogP contribution in [0, 0.1) is 17.8 Å². The standard InChI is InChI=1S/C14H24O4/c1-6-12-8(3)11-9(4)14(15,18-12)10(5)13(7-2,16-11)17-12/h8-11,15H,6-7H2,1-5H3/t8-,9-,10+,11+,12+,13-,14-/m1/s1. The third kappa shape index (κ3) is 1.16. The number of ether oxygens (including phenoxy) is 3. The van der Waals surface area contributed by atoms with Crippen molar-refractivity contribution in [3.8, 4) is 0 Å². The van der Waals surface area contributed by atoms with Crippen LogP contribution in [0.2, 0.25) is 0 Å². The van der Waals surface area contributed by atoms with Crippen molar-refractivity contribution in [1.29, 1.82) is 0 Å². The van der Waals surface area contributed by atoms with Gasteiger partial charge in [-0.25, -0.2) is 0 Å². The molecule has 4 bridgehead atoms. The van der Waals surface area contributed by atoms with E-state index in [9.17, 15) is 5.11 Å². The van der Waals surface area contributed by atoms with Gasteiger partial charge in [-0.05, 0) is 12.8 Å². The summed E-state index contributed by atoms with van der Waals surface area (Å²) < 4.78 is 18.5. The lowest BCUT2D eigenvalue weighted by Crippen LogP contribution is -2.81. The number of aliphatic hydroxyl groups is 1. The average Bonchev–Trinajstić information content (AvgIpc) is 2.37. The van der Waals surface area contributed by atoms with Crippen LogP contribution < -0.4 is 0 Å². The molecule has 0 radical (unpaired) electrons. The van der Waals surface area contributed by atoms with Crippen molar-refractivity contribution >= 4 is 0 Å². The fraction of sp³-hybridized carbons (Fsp3) is 1.00. The quantitative estimate of drug-likeness (QED) is 0.823. The Balaban J connectivity index is 2.13. The van der Waals surface area contributed by atoms with Crippen LogP contribution in [-0.2, 0) is 14.2 Å². The smallest absolute Gasteiger partial charge is 0.181 e. The summed E-state index contributed by atoms with van der Waals surface area (Å²) in [4.78, 5) is 0. The van der Waals surface area contributed by atoms with E-state index < -0.39 is 17.4 Å². The maximum absolute atomic E-state index is 11.0. The molecule has 4 heteroatoms. The third-order valence-electron chi connectivity index (χ3n) is 5.61. The van der Waals surface area contributed by atoms with Gasteiger partial charge in [-0.3, -0.25) is 0 Å². The molecule has 0 amide bonds. The third-order valence-corrected chi connectivity index (χ3v) is 5.61. The first kappa shape index (κ1) is 12.9. The Morgan fingerprint density at radius 1 is 0.944 bits per heavy atom. The lowest BCUT2D eigenvalue weighted by atomic mass is 9.66. The Hall–Kier alpha value is -0.160. The van der Waals surface area contributed by atoms with E-state index in [2.05, 4.69) is 6.92 Å². The summed E-state index contributed by atoms with van der Waals surface area (Å²) in [5.74, 6) is -2.55. The van der Waals surface area contributed by atoms with Gasteiger partial charge in [0.2, 0.25) is 0 Å². The zero-order valence-electron chi connectivity index (χ0n) is 11.9. The summed E-state index contributed by atoms with van der Waals surface area (Å²) in [5.41, 5.74) is 0. The van der Waals surface area contributed by atoms with Crippen molar-refractivity contribution in [3.63, 3.8) is 0 Å². The highest BCUT2D eigenvalue weighted by Gasteiger charge is 2.74. The molecule has 0 aromatic heterocycles. The van der Waals surface area contributed by atoms with E-state index in [4.69, 9.17) is 14.2 Å². The largest absolute Gasteiger partial charge is 0.365 e. The van der Waals surface area contributed by atoms with Crippen LogP contribution in [0.25, 0.3) is 0 Å². The number of rotatable bonds is 2. The van der Waals surface area contributed by atoms with Crippen LogP contribution in [0.5, 0.6) is 0 Å². The fourth-order valence-electron chi connectivity index (χ4n) is 4.16. The number of hydrogen-bond acceptors (Lipinski definition) is 4. The summed E-state index contributed by atoms with van der Waals surface area (Å²) in [6, 6.07) is 0. The molecule has 4 saturated heterocycles. The molecular formula is C14H24O4. The minimum Gasteiger partial charge on any atom is -0.365 e. The Bertz CT molecular complexity index is 347. The summed E-state index contributed by atoms with van der Waals surface area (Å²) in [7, 11) is 0. The maximum Gasteiger partial charge on any atom is 0.181 e. The van der Waals surface area contributed by atoms with Crippen LogP contribution in [0.3, 0.4) is 0 Å². The summed E-state index contributed by atoms with van der Waals surface area (Å²) in [6.45, 7) is 10.2. The molecule has 7 atom stereocenters. The predicted octanol–water partition coefficient (Wildman–Crippen LogP) is 2.26. The molecule has 0 aromatic carbocycles. The van der Waals surface area contributed by atoms with Gasteiger partial charge in [0, 0.05) is 11.8 Å². The van der Waals surface area contributed by atoms with Crippen LogP contribution in [-0.4, -0.2) is 28.6 Å². The van der Waals surface area contributed by atoms with Gasteiger partial charge in [-0.15, -0.1) is 0 Å². The molecule has 4 aliphatic heterocycles. The molecule has 1 N–H and O–H groups in total. The van der Waals surface area contributed by atoms with E-state index in [-0.39, 0.29) is 23.9 Å². The fourth-order valence-corrected chi connectivity index (χ4v) is 4.16. The first-order chi connectivity index (χ1) is 8.35. The minimum absolute atomic E-state index is 0.00796. The Morgan fingerprint density at radius 2 is 1.56 bits per heavy atom. The van der Waals surface area contributed by atoms with E-state index in [1.54, 1.807) is 0 Å². The first-order valence-corrected chi connectivity index (χ1v) is 7.15. The van der Waals surface area contributed by atoms with Crippen molar-refractivity contribution in [1.82, 2.24) is 0 Å². The highest BCUT2D eigenvalue weighted by atomic mass is 16.9. The lowest BCUT2D eigenvalue weighted by Gasteiger charge is -2.70. The van der Waals surface area contributed by atoms with Gasteiger partial charge in [0.25, 0.3) is 0 Å². The second kappa shape index (κ2) is 3.48. The molecule has 0 aliphatic carbocycles. The zero-order valence-corrected chi connectivity index (χ0v) is 11.9. The normalized spacial score (nSPS) is 62.3. The number of hydrogen-bond donors (Lipinski definition) is 1. The van der Waals surface area contributed by atoms with Gasteiger partial charge in [-0.1, -0.05) is 34.6 Å². The molecule has 4 aliphatic rings. The molecule has 4 rings (SSSR count). The molecule has 4 heterocycles. The van der Waals surface area contributed by atoms with E-state index in [1.165, 1.54) is 0 Å². The molecule has 18 heavy (non-hydrogen) atoms. The van der Waals surface area contributed by atoms with E-state index >= 15 is 0 Å². The molecule has 4 fully saturated rings. The molecule has 0 unspecified atom stereocenters. The van der Waals surface area contributed by atoms with E-state index in [1.807, 2.05) is 27.7 Å². The van der Waals surface area contributed by atoms with Gasteiger partial charge < -0.3 is 19.3 Å². The van der Waals surface area contributed by atoms with Gasteiger partial charge in [0.1, 0.15) is 0 Å². The Labute approximate surface area is 109 Å². The molecule has 4 nitrogen and oxygen atoms in total. The average molecular weight is 256 g/mol. The Morgan fingerprint density at radius 3 is 2.11 bits per heavy atom. The molecule has 104 valence electrons. The Kier molecular flexibility index (Phi) is 2.49. The van der Waals surface area contributed by atoms with E-state index in [0.29, 0.717) is 0 Å². The van der Waals surface area contributed by atoms with Crippen molar-refractivity contribution < 1.29 is 19.3 Å². The van der Waals surface area contributed by atoms with Gasteiger partial charge >= 0.3 is 0 Å². The molecule has 0 aromatic rings. The van der Waals surface area contributed by atoms with Crippen molar-refractivity contribution in [2.24, 2.45) is 17.8 Å². The second-order valence-corrected chi connectivity index (χ2v) is 6.17. The lowest BCUT2D eigenvalue weighted by molar-refractivity contribution is -0.585. The summed E-state index contributed by atoms with van der Waals surface area (Å²) in [5, 5.41) is 11.0. The van der Waals surface area contributed by atoms with Gasteiger partial charge in [-0.2, -0.15) is 0 Å². The van der Waals surface area contributed by atoms with Crippen molar-refractivity contribution in [2.45, 2.75) is 70.9 Å². The molecular weight excluding hydrogens is 232 g/mol. The maximum atomic E-state index is 11.0. The summed E-state index contributed by atoms with van der Waals surface area (Å²) >= 11 is 0. The second-order valence-electron chi connectivity index (χ2n) is 6.17. The topological polar surface area (TPSA) is 47.9 Å². The van der Waals surface area contributed by atoms with Gasteiger partial charge in [0.15, 0.2) is 17.4 Å². The SMILES string of the molecule is CC[C@@]12O[C@@]3(CC)O[C@@H]([C@H]1C)[C@@H](C)[C@@](O)(O2)[C@H]3C. The highest BCUT2D eigenvalue weighted by molar-refractivity contribution is 5.10. The van der Waals surface area contributed by atoms with Crippen LogP contribution in [0.4, 0.5) is 0 Å². The van der Waals surface area contributed by atoms with Crippen LogP contribution >= 0.6 is 0 Å². The molecule has 0 saturated carbocycles. The zero-order chi connectivity index (χ0) is 13.3. The van der Waals surface area contributed by atoms with E-state index in [0.717, 1.165) is 12.8 Å². The van der Waals surface area contributed by atoms with Gasteiger partial charge in [0.05, 0.1) is 12.0 Å². The molecule has 0 spiro atoms. The first-order valence-electron chi connectivity index (χ1n) is 7.15. The minimum atomic E-state index is -1.13. The summed E-state index contributed by atoms with van der Waals surface area (Å²) in [6.07, 6.45) is 1.48. The monoisotopic (exact) mass is 256 g/mol.